The number of methoxy groups -OCH3 is 1. The van der Waals surface area contributed by atoms with Gasteiger partial charge < -0.3 is 18.3 Å². The zero-order valence-corrected chi connectivity index (χ0v) is 20.6. The molecule has 39 heavy (non-hydrogen) atoms. The average Bonchev–Trinajstić information content (AvgIpc) is 3.34. The van der Waals surface area contributed by atoms with Crippen LogP contribution in [0.3, 0.4) is 0 Å². The molecule has 5 aromatic rings. The van der Waals surface area contributed by atoms with E-state index in [1.165, 1.54) is 13.2 Å². The van der Waals surface area contributed by atoms with Crippen molar-refractivity contribution in [2.45, 2.75) is 0 Å². The van der Waals surface area contributed by atoms with Crippen LogP contribution in [0, 0.1) is 11.3 Å². The van der Waals surface area contributed by atoms with E-state index in [1.54, 1.807) is 18.2 Å². The molecule has 192 valence electrons. The number of ether oxygens (including phenoxy) is 2. The zero-order chi connectivity index (χ0) is 27.4. The molecular weight excluding hydrogens is 500 g/mol. The van der Waals surface area contributed by atoms with Crippen molar-refractivity contribution in [2.75, 3.05) is 19.0 Å². The van der Waals surface area contributed by atoms with Gasteiger partial charge in [-0.25, -0.2) is 9.59 Å². The molecule has 0 unspecified atom stereocenters. The second-order valence-corrected chi connectivity index (χ2v) is 8.30. The van der Waals surface area contributed by atoms with Crippen LogP contribution >= 0.6 is 0 Å². The van der Waals surface area contributed by atoms with Gasteiger partial charge in [0.25, 0.3) is 5.91 Å². The van der Waals surface area contributed by atoms with Crippen molar-refractivity contribution in [1.29, 1.82) is 5.26 Å². The molecule has 1 amide bonds. The van der Waals surface area contributed by atoms with E-state index in [-0.39, 0.29) is 22.6 Å². The number of carbonyl (C=O) groups excluding carboxylic acids is 2. The van der Waals surface area contributed by atoms with Gasteiger partial charge in [-0.15, -0.1) is 0 Å². The standard InChI is InChI=1S/C30H20N2O7/c1-36-23-14-8-13-20-15-21(30(35)39-26(20)23)29(34)37-17-24(33)32-28-22(16-31)25(18-9-4-2-5-10-18)27(38-28)19-11-6-3-7-12-19/h2-15H,17H2,1H3,(H,32,33). The molecule has 0 aliphatic carbocycles. The molecule has 0 atom stereocenters. The van der Waals surface area contributed by atoms with Crippen molar-refractivity contribution >= 4 is 28.7 Å². The van der Waals surface area contributed by atoms with E-state index in [0.717, 1.165) is 5.56 Å². The fourth-order valence-electron chi connectivity index (χ4n) is 4.09. The number of amides is 1. The molecule has 9 nitrogen and oxygen atoms in total. The Morgan fingerprint density at radius 1 is 0.923 bits per heavy atom. The van der Waals surface area contributed by atoms with E-state index < -0.39 is 24.1 Å². The predicted octanol–water partition coefficient (Wildman–Crippen LogP) is 5.40. The van der Waals surface area contributed by atoms with Gasteiger partial charge in [0.05, 0.1) is 7.11 Å². The third-order valence-electron chi connectivity index (χ3n) is 5.87. The summed E-state index contributed by atoms with van der Waals surface area (Å²) in [6.07, 6.45) is 0. The molecule has 0 fully saturated rings. The van der Waals surface area contributed by atoms with Crippen LogP contribution in [-0.2, 0) is 9.53 Å². The Kier molecular flexibility index (Phi) is 6.92. The highest BCUT2D eigenvalue weighted by molar-refractivity contribution is 5.99. The van der Waals surface area contributed by atoms with E-state index in [2.05, 4.69) is 11.4 Å². The van der Waals surface area contributed by atoms with Crippen molar-refractivity contribution in [1.82, 2.24) is 0 Å². The highest BCUT2D eigenvalue weighted by Crippen LogP contribution is 2.41. The molecule has 0 radical (unpaired) electrons. The van der Waals surface area contributed by atoms with Crippen molar-refractivity contribution in [3.05, 3.63) is 106 Å². The number of fused-ring (bicyclic) bond motifs is 1. The average molecular weight is 520 g/mol. The molecule has 0 spiro atoms. The minimum atomic E-state index is -1.04. The van der Waals surface area contributed by atoms with Gasteiger partial charge in [-0.05, 0) is 17.7 Å². The Balaban J connectivity index is 1.39. The summed E-state index contributed by atoms with van der Waals surface area (Å²) in [5.74, 6) is -1.16. The molecule has 3 aromatic carbocycles. The van der Waals surface area contributed by atoms with Gasteiger partial charge >= 0.3 is 11.6 Å². The van der Waals surface area contributed by atoms with E-state index in [9.17, 15) is 19.6 Å². The highest BCUT2D eigenvalue weighted by Gasteiger charge is 2.25. The quantitative estimate of drug-likeness (QED) is 0.223. The SMILES string of the molecule is COc1cccc2cc(C(=O)OCC(=O)Nc3oc(-c4ccccc4)c(-c4ccccc4)c3C#N)c(=O)oc12. The molecule has 0 saturated carbocycles. The van der Waals surface area contributed by atoms with E-state index in [1.807, 2.05) is 60.7 Å². The van der Waals surface area contributed by atoms with Crippen LogP contribution in [0.2, 0.25) is 0 Å². The van der Waals surface area contributed by atoms with Gasteiger partial charge in [0, 0.05) is 16.5 Å². The number of hydrogen-bond donors (Lipinski definition) is 1. The first-order chi connectivity index (χ1) is 19.0. The number of nitrogens with one attached hydrogen (secondary N) is 1. The molecule has 2 heterocycles. The monoisotopic (exact) mass is 520 g/mol. The topological polar surface area (TPSA) is 132 Å². The second-order valence-electron chi connectivity index (χ2n) is 8.30. The van der Waals surface area contributed by atoms with Crippen LogP contribution in [0.25, 0.3) is 33.4 Å². The van der Waals surface area contributed by atoms with Crippen molar-refractivity contribution in [3.8, 4) is 34.3 Å². The van der Waals surface area contributed by atoms with E-state index >= 15 is 0 Å². The first kappa shape index (κ1) is 25.0. The number of esters is 1. The Morgan fingerprint density at radius 3 is 2.28 bits per heavy atom. The fraction of sp³-hybridized carbons (Fsp3) is 0.0667. The number of carbonyl (C=O) groups is 2. The Hall–Kier alpha value is -5.62. The minimum absolute atomic E-state index is 0.0893. The molecule has 1 N–H and O–H groups in total. The van der Waals surface area contributed by atoms with Crippen LogP contribution in [0.5, 0.6) is 5.75 Å². The van der Waals surface area contributed by atoms with E-state index in [4.69, 9.17) is 18.3 Å². The number of nitriles is 1. The van der Waals surface area contributed by atoms with Crippen molar-refractivity contribution in [2.24, 2.45) is 0 Å². The van der Waals surface area contributed by atoms with Gasteiger partial charge in [0.1, 0.15) is 23.0 Å². The lowest BCUT2D eigenvalue weighted by Gasteiger charge is -2.07. The summed E-state index contributed by atoms with van der Waals surface area (Å²) in [4.78, 5) is 37.7. The van der Waals surface area contributed by atoms with E-state index in [0.29, 0.717) is 28.0 Å². The number of furan rings is 1. The van der Waals surface area contributed by atoms with Crippen LogP contribution in [-0.4, -0.2) is 25.6 Å². The summed E-state index contributed by atoms with van der Waals surface area (Å²) in [7, 11) is 1.43. The van der Waals surface area contributed by atoms with Crippen LogP contribution in [0.1, 0.15) is 15.9 Å². The molecular formula is C30H20N2O7. The highest BCUT2D eigenvalue weighted by atomic mass is 16.5. The number of hydrogen-bond acceptors (Lipinski definition) is 8. The van der Waals surface area contributed by atoms with Crippen LogP contribution in [0.4, 0.5) is 5.88 Å². The lowest BCUT2D eigenvalue weighted by Crippen LogP contribution is -2.23. The number of rotatable bonds is 7. The summed E-state index contributed by atoms with van der Waals surface area (Å²) >= 11 is 0. The number of benzene rings is 3. The molecule has 0 bridgehead atoms. The van der Waals surface area contributed by atoms with Crippen molar-refractivity contribution < 1.29 is 27.9 Å². The first-order valence-electron chi connectivity index (χ1n) is 11.8. The lowest BCUT2D eigenvalue weighted by atomic mass is 9.98. The van der Waals surface area contributed by atoms with Crippen LogP contribution in [0.15, 0.2) is 98.6 Å². The molecule has 0 aliphatic heterocycles. The Labute approximate surface area is 221 Å². The summed E-state index contributed by atoms with van der Waals surface area (Å²) in [5, 5.41) is 12.9. The number of anilines is 1. The lowest BCUT2D eigenvalue weighted by molar-refractivity contribution is -0.119. The largest absolute Gasteiger partial charge is 0.493 e. The summed E-state index contributed by atoms with van der Waals surface area (Å²) in [6.45, 7) is -0.735. The summed E-state index contributed by atoms with van der Waals surface area (Å²) < 4.78 is 21.4. The fourth-order valence-corrected chi connectivity index (χ4v) is 4.09. The molecule has 5 rings (SSSR count). The zero-order valence-electron chi connectivity index (χ0n) is 20.6. The van der Waals surface area contributed by atoms with Crippen molar-refractivity contribution in [3.63, 3.8) is 0 Å². The number of para-hydroxylation sites is 1. The third kappa shape index (κ3) is 4.99. The predicted molar refractivity (Wildman–Crippen MR) is 142 cm³/mol. The maximum absolute atomic E-state index is 12.7. The molecule has 0 aliphatic rings. The molecule has 9 heteroatoms. The molecule has 2 aromatic heterocycles. The van der Waals surface area contributed by atoms with Gasteiger partial charge in [0.2, 0.25) is 5.88 Å². The second kappa shape index (κ2) is 10.8. The smallest absolute Gasteiger partial charge is 0.351 e. The maximum Gasteiger partial charge on any atom is 0.351 e. The minimum Gasteiger partial charge on any atom is -0.493 e. The van der Waals surface area contributed by atoms with Gasteiger partial charge in [-0.3, -0.25) is 10.1 Å². The van der Waals surface area contributed by atoms with Gasteiger partial charge in [-0.2, -0.15) is 5.26 Å². The summed E-state index contributed by atoms with van der Waals surface area (Å²) in [5.41, 5.74) is 0.934. The van der Waals surface area contributed by atoms with Gasteiger partial charge in [-0.1, -0.05) is 72.8 Å². The maximum atomic E-state index is 12.7. The summed E-state index contributed by atoms with van der Waals surface area (Å²) in [6, 6.07) is 26.7. The Morgan fingerprint density at radius 2 is 1.62 bits per heavy atom. The van der Waals surface area contributed by atoms with Crippen LogP contribution < -0.4 is 15.7 Å². The molecule has 0 saturated heterocycles. The third-order valence-corrected chi connectivity index (χ3v) is 5.87. The normalized spacial score (nSPS) is 10.6. The van der Waals surface area contributed by atoms with Gasteiger partial charge in [0.15, 0.2) is 17.9 Å². The number of nitrogens with zero attached hydrogens (tertiary/aromatic N) is 1. The first-order valence-corrected chi connectivity index (χ1v) is 11.8. The Bertz CT molecular complexity index is 1780.